The number of benzene rings is 1. The van der Waals surface area contributed by atoms with E-state index in [2.05, 4.69) is 16.8 Å². The lowest BCUT2D eigenvalue weighted by atomic mass is 10.1. The van der Waals surface area contributed by atoms with E-state index in [9.17, 15) is 4.79 Å². The Morgan fingerprint density at radius 3 is 2.80 bits per heavy atom. The van der Waals surface area contributed by atoms with Crippen LogP contribution < -0.4 is 14.8 Å². The molecule has 25 heavy (non-hydrogen) atoms. The van der Waals surface area contributed by atoms with E-state index in [1.807, 2.05) is 23.1 Å². The first-order valence-corrected chi connectivity index (χ1v) is 9.44. The van der Waals surface area contributed by atoms with E-state index in [0.29, 0.717) is 17.2 Å². The van der Waals surface area contributed by atoms with Crippen LogP contribution in [0.15, 0.2) is 35.7 Å². The Balaban J connectivity index is 1.80. The van der Waals surface area contributed by atoms with Gasteiger partial charge in [-0.25, -0.2) is 4.79 Å². The number of hydrogen-bond donors (Lipinski definition) is 1. The monoisotopic (exact) mass is 360 g/mol. The minimum absolute atomic E-state index is 0.0798. The summed E-state index contributed by atoms with van der Waals surface area (Å²) in [6.45, 7) is 0.771. The number of anilines is 1. The predicted molar refractivity (Wildman–Crippen MR) is 101 cm³/mol. The number of nitrogens with one attached hydrogen (secondary N) is 1. The van der Waals surface area contributed by atoms with Crippen molar-refractivity contribution in [2.24, 2.45) is 0 Å². The van der Waals surface area contributed by atoms with E-state index < -0.39 is 0 Å². The Bertz CT molecular complexity index is 703. The van der Waals surface area contributed by atoms with E-state index in [-0.39, 0.29) is 12.1 Å². The minimum atomic E-state index is -0.0798. The second kappa shape index (κ2) is 8.25. The normalized spacial score (nSPS) is 17.7. The molecular formula is C19H24N2O3S. The van der Waals surface area contributed by atoms with Crippen LogP contribution in [-0.4, -0.2) is 31.7 Å². The van der Waals surface area contributed by atoms with Crippen LogP contribution in [0.2, 0.25) is 0 Å². The smallest absolute Gasteiger partial charge is 0.322 e. The highest BCUT2D eigenvalue weighted by atomic mass is 32.1. The van der Waals surface area contributed by atoms with Gasteiger partial charge >= 0.3 is 6.03 Å². The fraction of sp³-hybridized carbons (Fsp3) is 0.421. The van der Waals surface area contributed by atoms with Gasteiger partial charge < -0.3 is 19.7 Å². The number of thiophene rings is 1. The highest BCUT2D eigenvalue weighted by Crippen LogP contribution is 2.34. The zero-order valence-electron chi connectivity index (χ0n) is 14.7. The molecule has 1 fully saturated rings. The number of rotatable bonds is 4. The van der Waals surface area contributed by atoms with E-state index >= 15 is 0 Å². The van der Waals surface area contributed by atoms with Crippen molar-refractivity contribution >= 4 is 23.1 Å². The summed E-state index contributed by atoms with van der Waals surface area (Å²) in [5, 5.41) is 5.09. The molecule has 1 aromatic heterocycles. The first-order valence-electron chi connectivity index (χ1n) is 8.56. The van der Waals surface area contributed by atoms with Crippen LogP contribution in [0.25, 0.3) is 0 Å². The average Bonchev–Trinajstić information content (AvgIpc) is 3.06. The molecule has 2 amide bonds. The third kappa shape index (κ3) is 4.07. The number of amides is 2. The average molecular weight is 360 g/mol. The van der Waals surface area contributed by atoms with Crippen molar-refractivity contribution in [3.05, 3.63) is 40.6 Å². The van der Waals surface area contributed by atoms with Crippen molar-refractivity contribution in [2.75, 3.05) is 26.1 Å². The number of ether oxygens (including phenoxy) is 2. The molecular weight excluding hydrogens is 336 g/mol. The van der Waals surface area contributed by atoms with Crippen molar-refractivity contribution in [1.82, 2.24) is 4.90 Å². The van der Waals surface area contributed by atoms with Crippen molar-refractivity contribution in [3.63, 3.8) is 0 Å². The van der Waals surface area contributed by atoms with Gasteiger partial charge in [-0.15, -0.1) is 11.3 Å². The third-order valence-corrected chi connectivity index (χ3v) is 5.51. The molecule has 0 radical (unpaired) electrons. The summed E-state index contributed by atoms with van der Waals surface area (Å²) in [4.78, 5) is 16.2. The summed E-state index contributed by atoms with van der Waals surface area (Å²) in [5.41, 5.74) is 0.655. The lowest BCUT2D eigenvalue weighted by molar-refractivity contribution is 0.190. The molecule has 0 unspecified atom stereocenters. The Kier molecular flexibility index (Phi) is 5.81. The topological polar surface area (TPSA) is 50.8 Å². The van der Waals surface area contributed by atoms with Gasteiger partial charge in [0, 0.05) is 17.5 Å². The Hall–Kier alpha value is -2.21. The van der Waals surface area contributed by atoms with E-state index in [1.54, 1.807) is 31.6 Å². The van der Waals surface area contributed by atoms with Crippen LogP contribution in [0.4, 0.5) is 10.5 Å². The number of carbonyl (C=O) groups is 1. The lowest BCUT2D eigenvalue weighted by Crippen LogP contribution is -2.37. The second-order valence-electron chi connectivity index (χ2n) is 6.07. The van der Waals surface area contributed by atoms with Crippen LogP contribution in [0.5, 0.6) is 11.5 Å². The zero-order valence-corrected chi connectivity index (χ0v) is 15.5. The van der Waals surface area contributed by atoms with Crippen molar-refractivity contribution in [3.8, 4) is 11.5 Å². The van der Waals surface area contributed by atoms with Gasteiger partial charge in [0.2, 0.25) is 0 Å². The van der Waals surface area contributed by atoms with E-state index in [1.165, 1.54) is 4.88 Å². The highest BCUT2D eigenvalue weighted by molar-refractivity contribution is 7.10. The first-order chi connectivity index (χ1) is 12.2. The molecule has 3 rings (SSSR count). The minimum Gasteiger partial charge on any atom is -0.497 e. The predicted octanol–water partition coefficient (Wildman–Crippen LogP) is 4.91. The summed E-state index contributed by atoms with van der Waals surface area (Å²) < 4.78 is 10.6. The maximum Gasteiger partial charge on any atom is 0.322 e. The fourth-order valence-electron chi connectivity index (χ4n) is 3.22. The van der Waals surface area contributed by atoms with Gasteiger partial charge in [-0.05, 0) is 36.4 Å². The number of methoxy groups -OCH3 is 2. The fourth-order valence-corrected chi connectivity index (χ4v) is 4.09. The summed E-state index contributed by atoms with van der Waals surface area (Å²) >= 11 is 1.72. The summed E-state index contributed by atoms with van der Waals surface area (Å²) in [6.07, 6.45) is 4.36. The molecule has 0 spiro atoms. The molecule has 0 aliphatic carbocycles. The molecule has 1 atom stereocenters. The molecule has 1 aliphatic rings. The SMILES string of the molecule is COc1ccc(NC(=O)N2CCCCC[C@@H]2c2cccs2)c(OC)c1. The second-order valence-corrected chi connectivity index (χ2v) is 7.05. The van der Waals surface area contributed by atoms with Gasteiger partial charge in [0.1, 0.15) is 11.5 Å². The standard InChI is InChI=1S/C19H24N2O3S/c1-23-14-9-10-15(17(13-14)24-2)20-19(22)21-11-5-3-4-7-16(21)18-8-6-12-25-18/h6,8-10,12-13,16H,3-5,7,11H2,1-2H3,(H,20,22)/t16-/m1/s1. The summed E-state index contributed by atoms with van der Waals surface area (Å²) in [6, 6.07) is 9.64. The van der Waals surface area contributed by atoms with Crippen molar-refractivity contribution in [1.29, 1.82) is 0 Å². The number of nitrogens with zero attached hydrogens (tertiary/aromatic N) is 1. The molecule has 0 bridgehead atoms. The van der Waals surface area contributed by atoms with Crippen LogP contribution in [-0.2, 0) is 0 Å². The van der Waals surface area contributed by atoms with Gasteiger partial charge in [-0.1, -0.05) is 18.9 Å². The lowest BCUT2D eigenvalue weighted by Gasteiger charge is -2.29. The molecule has 1 aliphatic heterocycles. The van der Waals surface area contributed by atoms with Gasteiger partial charge in [0.05, 0.1) is 25.9 Å². The van der Waals surface area contributed by atoms with E-state index in [0.717, 1.165) is 32.2 Å². The van der Waals surface area contributed by atoms with Crippen LogP contribution in [0, 0.1) is 0 Å². The quantitative estimate of drug-likeness (QED) is 0.842. The maximum absolute atomic E-state index is 13.0. The third-order valence-electron chi connectivity index (χ3n) is 4.54. The largest absolute Gasteiger partial charge is 0.497 e. The molecule has 1 N–H and O–H groups in total. The van der Waals surface area contributed by atoms with E-state index in [4.69, 9.17) is 9.47 Å². The van der Waals surface area contributed by atoms with Crippen LogP contribution in [0.3, 0.4) is 0 Å². The molecule has 1 saturated heterocycles. The highest BCUT2D eigenvalue weighted by Gasteiger charge is 2.28. The molecule has 2 heterocycles. The van der Waals surface area contributed by atoms with Gasteiger partial charge in [-0.2, -0.15) is 0 Å². The molecule has 1 aromatic carbocycles. The Morgan fingerprint density at radius 2 is 2.08 bits per heavy atom. The van der Waals surface area contributed by atoms with Gasteiger partial charge in [-0.3, -0.25) is 0 Å². The van der Waals surface area contributed by atoms with Gasteiger partial charge in [0.15, 0.2) is 0 Å². The molecule has 5 nitrogen and oxygen atoms in total. The number of carbonyl (C=O) groups excluding carboxylic acids is 1. The number of likely N-dealkylation sites (tertiary alicyclic amines) is 1. The van der Waals surface area contributed by atoms with Gasteiger partial charge in [0.25, 0.3) is 0 Å². The van der Waals surface area contributed by atoms with Crippen LogP contribution in [0.1, 0.15) is 36.6 Å². The Labute approximate surface area is 152 Å². The maximum atomic E-state index is 13.0. The zero-order chi connectivity index (χ0) is 17.6. The Morgan fingerprint density at radius 1 is 1.20 bits per heavy atom. The summed E-state index contributed by atoms with van der Waals surface area (Å²) in [7, 11) is 3.20. The first kappa shape index (κ1) is 17.6. The molecule has 0 saturated carbocycles. The molecule has 2 aromatic rings. The van der Waals surface area contributed by atoms with Crippen LogP contribution >= 0.6 is 11.3 Å². The number of urea groups is 1. The summed E-state index contributed by atoms with van der Waals surface area (Å²) in [5.74, 6) is 1.29. The molecule has 6 heteroatoms. The van der Waals surface area contributed by atoms with Crippen molar-refractivity contribution in [2.45, 2.75) is 31.7 Å². The molecule has 134 valence electrons. The number of hydrogen-bond acceptors (Lipinski definition) is 4. The van der Waals surface area contributed by atoms with Crippen molar-refractivity contribution < 1.29 is 14.3 Å².